The van der Waals surface area contributed by atoms with Crippen molar-refractivity contribution in [2.24, 2.45) is 5.73 Å². The van der Waals surface area contributed by atoms with Gasteiger partial charge in [-0.2, -0.15) is 0 Å². The van der Waals surface area contributed by atoms with Gasteiger partial charge in [-0.05, 0) is 33.6 Å². The molecular weight excluding hydrogens is 305 g/mol. The quantitative estimate of drug-likeness (QED) is 0.879. The van der Waals surface area contributed by atoms with Crippen molar-refractivity contribution < 1.29 is 4.39 Å². The van der Waals surface area contributed by atoms with Crippen LogP contribution in [0.25, 0.3) is 0 Å². The predicted octanol–water partition coefficient (Wildman–Crippen LogP) is 4.29. The minimum atomic E-state index is -0.568. The van der Waals surface area contributed by atoms with Crippen LogP contribution in [-0.4, -0.2) is 0 Å². The highest BCUT2D eigenvalue weighted by atomic mass is 79.9. The summed E-state index contributed by atoms with van der Waals surface area (Å²) < 4.78 is 14.3. The van der Waals surface area contributed by atoms with Gasteiger partial charge in [0.1, 0.15) is 5.82 Å². The predicted molar refractivity (Wildman–Crippen MR) is 71.6 cm³/mol. The Morgan fingerprint density at radius 2 is 1.71 bits per heavy atom. The molecular formula is C13H10BrClFN. The fourth-order valence-electron chi connectivity index (χ4n) is 1.66. The third-order valence-electron chi connectivity index (χ3n) is 2.56. The molecule has 4 heteroatoms. The van der Waals surface area contributed by atoms with Crippen LogP contribution in [0.3, 0.4) is 0 Å². The van der Waals surface area contributed by atoms with Gasteiger partial charge in [0.25, 0.3) is 0 Å². The Morgan fingerprint density at radius 3 is 2.41 bits per heavy atom. The molecule has 0 saturated carbocycles. The van der Waals surface area contributed by atoms with Gasteiger partial charge in [0.05, 0.1) is 10.5 Å². The van der Waals surface area contributed by atoms with E-state index in [1.807, 2.05) is 12.1 Å². The summed E-state index contributed by atoms with van der Waals surface area (Å²) in [5, 5.41) is 0.541. The van der Waals surface area contributed by atoms with Crippen LogP contribution in [0.1, 0.15) is 17.2 Å². The molecule has 0 aliphatic heterocycles. The third kappa shape index (κ3) is 2.51. The number of hydrogen-bond acceptors (Lipinski definition) is 1. The Kier molecular flexibility index (Phi) is 3.82. The van der Waals surface area contributed by atoms with Crippen LogP contribution in [0.2, 0.25) is 5.02 Å². The van der Waals surface area contributed by atoms with E-state index in [1.165, 1.54) is 0 Å². The average molecular weight is 315 g/mol. The maximum absolute atomic E-state index is 13.9. The summed E-state index contributed by atoms with van der Waals surface area (Å²) in [7, 11) is 0. The molecule has 0 spiro atoms. The van der Waals surface area contributed by atoms with E-state index in [0.717, 1.165) is 0 Å². The molecule has 2 rings (SSSR count). The van der Waals surface area contributed by atoms with Crippen molar-refractivity contribution in [1.82, 2.24) is 0 Å². The number of benzene rings is 2. The first-order chi connectivity index (χ1) is 8.11. The van der Waals surface area contributed by atoms with E-state index in [2.05, 4.69) is 15.9 Å². The van der Waals surface area contributed by atoms with Gasteiger partial charge in [-0.15, -0.1) is 0 Å². The second kappa shape index (κ2) is 5.17. The number of halogens is 3. The lowest BCUT2D eigenvalue weighted by Crippen LogP contribution is -2.14. The molecule has 1 unspecified atom stereocenters. The molecule has 1 atom stereocenters. The molecule has 2 aromatic carbocycles. The molecule has 0 heterocycles. The standard InChI is InChI=1S/C13H10BrClFN/c14-10-6-3-5-9(12(10)16)13(17)8-4-1-2-7-11(8)15/h1-7,13H,17H2. The van der Waals surface area contributed by atoms with Crippen LogP contribution in [-0.2, 0) is 0 Å². The van der Waals surface area contributed by atoms with E-state index in [4.69, 9.17) is 17.3 Å². The molecule has 0 aromatic heterocycles. The molecule has 0 amide bonds. The normalized spacial score (nSPS) is 12.5. The van der Waals surface area contributed by atoms with Gasteiger partial charge >= 0.3 is 0 Å². The van der Waals surface area contributed by atoms with Crippen LogP contribution in [0.5, 0.6) is 0 Å². The van der Waals surface area contributed by atoms with Crippen molar-refractivity contribution in [1.29, 1.82) is 0 Å². The summed E-state index contributed by atoms with van der Waals surface area (Å²) >= 11 is 9.19. The van der Waals surface area contributed by atoms with Gasteiger partial charge in [0, 0.05) is 10.6 Å². The van der Waals surface area contributed by atoms with Gasteiger partial charge in [-0.25, -0.2) is 4.39 Å². The SMILES string of the molecule is NC(c1ccccc1Cl)c1cccc(Br)c1F. The van der Waals surface area contributed by atoms with Gasteiger partial charge in [-0.1, -0.05) is 41.9 Å². The maximum Gasteiger partial charge on any atom is 0.142 e. The second-order valence-corrected chi connectivity index (χ2v) is 4.90. The minimum absolute atomic E-state index is 0.347. The van der Waals surface area contributed by atoms with Gasteiger partial charge in [-0.3, -0.25) is 0 Å². The molecule has 0 aliphatic rings. The van der Waals surface area contributed by atoms with Crippen LogP contribution < -0.4 is 5.73 Å². The highest BCUT2D eigenvalue weighted by Crippen LogP contribution is 2.30. The lowest BCUT2D eigenvalue weighted by atomic mass is 9.99. The molecule has 2 N–H and O–H groups in total. The number of hydrogen-bond donors (Lipinski definition) is 1. The molecule has 0 bridgehead atoms. The van der Waals surface area contributed by atoms with Crippen LogP contribution in [0.15, 0.2) is 46.9 Å². The monoisotopic (exact) mass is 313 g/mol. The van der Waals surface area contributed by atoms with Crippen LogP contribution in [0, 0.1) is 5.82 Å². The van der Waals surface area contributed by atoms with Crippen molar-refractivity contribution in [3.05, 3.63) is 68.9 Å². The Balaban J connectivity index is 2.48. The summed E-state index contributed by atoms with van der Waals surface area (Å²) in [6.45, 7) is 0. The summed E-state index contributed by atoms with van der Waals surface area (Å²) in [5.74, 6) is -0.347. The highest BCUT2D eigenvalue weighted by molar-refractivity contribution is 9.10. The molecule has 0 fully saturated rings. The largest absolute Gasteiger partial charge is 0.320 e. The number of rotatable bonds is 2. The summed E-state index contributed by atoms with van der Waals surface area (Å²) in [5.41, 5.74) is 7.18. The lowest BCUT2D eigenvalue weighted by molar-refractivity contribution is 0.593. The molecule has 0 aliphatic carbocycles. The van der Waals surface area contributed by atoms with E-state index in [-0.39, 0.29) is 5.82 Å². The van der Waals surface area contributed by atoms with E-state index >= 15 is 0 Å². The lowest BCUT2D eigenvalue weighted by Gasteiger charge is -2.15. The summed E-state index contributed by atoms with van der Waals surface area (Å²) in [6, 6.07) is 11.7. The van der Waals surface area contributed by atoms with Gasteiger partial charge in [0.2, 0.25) is 0 Å². The van der Waals surface area contributed by atoms with Crippen molar-refractivity contribution >= 4 is 27.5 Å². The first kappa shape index (κ1) is 12.6. The summed E-state index contributed by atoms with van der Waals surface area (Å²) in [4.78, 5) is 0. The Bertz CT molecular complexity index is 545. The van der Waals surface area contributed by atoms with E-state index in [1.54, 1.807) is 30.3 Å². The Labute approximate surface area is 113 Å². The Morgan fingerprint density at radius 1 is 1.06 bits per heavy atom. The van der Waals surface area contributed by atoms with Crippen molar-refractivity contribution in [2.75, 3.05) is 0 Å². The zero-order valence-corrected chi connectivity index (χ0v) is 11.2. The Hall–Kier alpha value is -0.900. The first-order valence-corrected chi connectivity index (χ1v) is 6.22. The van der Waals surface area contributed by atoms with Gasteiger partial charge in [0.15, 0.2) is 0 Å². The average Bonchev–Trinajstić information content (AvgIpc) is 2.32. The van der Waals surface area contributed by atoms with Crippen molar-refractivity contribution in [3.63, 3.8) is 0 Å². The topological polar surface area (TPSA) is 26.0 Å². The third-order valence-corrected chi connectivity index (χ3v) is 3.51. The van der Waals surface area contributed by atoms with E-state index < -0.39 is 6.04 Å². The molecule has 0 saturated heterocycles. The van der Waals surface area contributed by atoms with E-state index in [0.29, 0.717) is 20.6 Å². The molecule has 0 radical (unpaired) electrons. The molecule has 1 nitrogen and oxygen atoms in total. The van der Waals surface area contributed by atoms with Gasteiger partial charge < -0.3 is 5.73 Å². The van der Waals surface area contributed by atoms with Crippen molar-refractivity contribution in [3.8, 4) is 0 Å². The smallest absolute Gasteiger partial charge is 0.142 e. The minimum Gasteiger partial charge on any atom is -0.320 e. The fraction of sp³-hybridized carbons (Fsp3) is 0.0769. The molecule has 17 heavy (non-hydrogen) atoms. The fourth-order valence-corrected chi connectivity index (χ4v) is 2.29. The summed E-state index contributed by atoms with van der Waals surface area (Å²) in [6.07, 6.45) is 0. The van der Waals surface area contributed by atoms with Crippen LogP contribution in [0.4, 0.5) is 4.39 Å². The highest BCUT2D eigenvalue weighted by Gasteiger charge is 2.17. The second-order valence-electron chi connectivity index (χ2n) is 3.64. The molecule has 88 valence electrons. The first-order valence-electron chi connectivity index (χ1n) is 5.05. The van der Waals surface area contributed by atoms with Crippen LogP contribution >= 0.6 is 27.5 Å². The zero-order valence-electron chi connectivity index (χ0n) is 8.83. The van der Waals surface area contributed by atoms with E-state index in [9.17, 15) is 4.39 Å². The maximum atomic E-state index is 13.9. The van der Waals surface area contributed by atoms with Crippen molar-refractivity contribution in [2.45, 2.75) is 6.04 Å². The number of nitrogens with two attached hydrogens (primary N) is 1. The molecule has 2 aromatic rings. The zero-order chi connectivity index (χ0) is 12.4.